The Morgan fingerprint density at radius 1 is 0.846 bits per heavy atom. The molecule has 0 spiro atoms. The van der Waals surface area contributed by atoms with Crippen LogP contribution in [0.5, 0.6) is 0 Å². The Labute approximate surface area is 153 Å². The third kappa shape index (κ3) is 3.45. The van der Waals surface area contributed by atoms with Crippen LogP contribution in [0.25, 0.3) is 5.69 Å². The Morgan fingerprint density at radius 3 is 2.19 bits per heavy atom. The van der Waals surface area contributed by atoms with Gasteiger partial charge in [0.25, 0.3) is 11.7 Å². The molecule has 1 heterocycles. The molecular weight excluding hydrogens is 324 g/mol. The largest absolute Gasteiger partial charge is 0.319 e. The molecule has 132 valence electrons. The van der Waals surface area contributed by atoms with Crippen molar-refractivity contribution in [2.24, 2.45) is 0 Å². The van der Waals surface area contributed by atoms with Gasteiger partial charge in [-0.25, -0.2) is 0 Å². The Kier molecular flexibility index (Phi) is 4.76. The van der Waals surface area contributed by atoms with E-state index in [2.05, 4.69) is 11.4 Å². The van der Waals surface area contributed by atoms with E-state index in [0.29, 0.717) is 11.3 Å². The molecule has 2 aromatic carbocycles. The van der Waals surface area contributed by atoms with Gasteiger partial charge in [0.1, 0.15) is 0 Å². The van der Waals surface area contributed by atoms with Crippen molar-refractivity contribution < 1.29 is 9.59 Å². The van der Waals surface area contributed by atoms with E-state index in [-0.39, 0.29) is 0 Å². The zero-order valence-corrected chi connectivity index (χ0v) is 15.5. The van der Waals surface area contributed by atoms with Crippen LogP contribution in [0.4, 0.5) is 5.69 Å². The molecular formula is C22H22N2O2. The van der Waals surface area contributed by atoms with Crippen LogP contribution in [0, 0.1) is 27.7 Å². The number of nitrogens with one attached hydrogen (secondary N) is 1. The summed E-state index contributed by atoms with van der Waals surface area (Å²) in [6.07, 6.45) is 0. The Balaban J connectivity index is 1.89. The summed E-state index contributed by atoms with van der Waals surface area (Å²) < 4.78 is 2.00. The number of ketones is 1. The number of aryl methyl sites for hydroxylation is 3. The van der Waals surface area contributed by atoms with Crippen LogP contribution < -0.4 is 5.32 Å². The molecule has 3 rings (SSSR count). The van der Waals surface area contributed by atoms with Crippen LogP contribution in [0.2, 0.25) is 0 Å². The van der Waals surface area contributed by atoms with Crippen molar-refractivity contribution in [3.8, 4) is 5.69 Å². The van der Waals surface area contributed by atoms with Crippen LogP contribution in [-0.2, 0) is 4.79 Å². The van der Waals surface area contributed by atoms with Gasteiger partial charge in [-0.15, -0.1) is 0 Å². The Morgan fingerprint density at radius 2 is 1.54 bits per heavy atom. The van der Waals surface area contributed by atoms with Gasteiger partial charge in [-0.2, -0.15) is 0 Å². The lowest BCUT2D eigenvalue weighted by molar-refractivity contribution is -0.112. The van der Waals surface area contributed by atoms with Crippen molar-refractivity contribution in [3.63, 3.8) is 0 Å². The summed E-state index contributed by atoms with van der Waals surface area (Å²) in [6, 6.07) is 17.2. The number of amides is 1. The van der Waals surface area contributed by atoms with Gasteiger partial charge in [-0.3, -0.25) is 9.59 Å². The number of aromatic nitrogens is 1. The lowest BCUT2D eigenvalue weighted by atomic mass is 10.1. The average Bonchev–Trinajstić information content (AvgIpc) is 2.90. The fraction of sp³-hybridized carbons (Fsp3) is 0.182. The van der Waals surface area contributed by atoms with E-state index in [1.165, 1.54) is 0 Å². The van der Waals surface area contributed by atoms with Crippen LogP contribution in [0.15, 0.2) is 54.6 Å². The molecule has 0 unspecified atom stereocenters. The summed E-state index contributed by atoms with van der Waals surface area (Å²) in [4.78, 5) is 25.1. The van der Waals surface area contributed by atoms with Gasteiger partial charge in [0.2, 0.25) is 0 Å². The number of hydrogen-bond acceptors (Lipinski definition) is 2. The van der Waals surface area contributed by atoms with Crippen molar-refractivity contribution in [1.29, 1.82) is 0 Å². The Bertz CT molecular complexity index is 982. The molecule has 4 heteroatoms. The molecule has 0 atom stereocenters. The van der Waals surface area contributed by atoms with Crippen molar-refractivity contribution >= 4 is 17.4 Å². The Hall–Kier alpha value is -3.14. The highest BCUT2D eigenvalue weighted by atomic mass is 16.2. The van der Waals surface area contributed by atoms with Gasteiger partial charge in [-0.1, -0.05) is 29.8 Å². The van der Waals surface area contributed by atoms with E-state index in [9.17, 15) is 9.59 Å². The quantitative estimate of drug-likeness (QED) is 0.557. The third-order valence-corrected chi connectivity index (χ3v) is 4.45. The maximum Gasteiger partial charge on any atom is 0.296 e. The summed E-state index contributed by atoms with van der Waals surface area (Å²) in [5, 5.41) is 2.67. The molecule has 0 radical (unpaired) electrons. The highest BCUT2D eigenvalue weighted by molar-refractivity contribution is 6.46. The number of carbonyl (C=O) groups is 2. The minimum Gasteiger partial charge on any atom is -0.319 e. The second-order valence-corrected chi connectivity index (χ2v) is 6.61. The number of Topliss-reactive ketones (excluding diaryl/α,β-unsaturated/α-hetero) is 1. The molecule has 0 saturated carbocycles. The van der Waals surface area contributed by atoms with Crippen LogP contribution >= 0.6 is 0 Å². The normalized spacial score (nSPS) is 10.6. The average molecular weight is 346 g/mol. The highest BCUT2D eigenvalue weighted by Gasteiger charge is 2.22. The van der Waals surface area contributed by atoms with Crippen molar-refractivity contribution in [1.82, 2.24) is 4.57 Å². The first-order chi connectivity index (χ1) is 12.4. The van der Waals surface area contributed by atoms with Crippen LogP contribution in [0.1, 0.15) is 32.9 Å². The summed E-state index contributed by atoms with van der Waals surface area (Å²) in [6.45, 7) is 7.79. The number of hydrogen-bond donors (Lipinski definition) is 1. The molecule has 0 fully saturated rings. The van der Waals surface area contributed by atoms with Crippen molar-refractivity contribution in [2.75, 3.05) is 5.32 Å². The van der Waals surface area contributed by atoms with E-state index in [1.54, 1.807) is 18.2 Å². The first-order valence-corrected chi connectivity index (χ1v) is 8.55. The molecule has 0 saturated heterocycles. The van der Waals surface area contributed by atoms with E-state index >= 15 is 0 Å². The van der Waals surface area contributed by atoms with E-state index < -0.39 is 11.7 Å². The molecule has 3 aromatic rings. The lowest BCUT2D eigenvalue weighted by Gasteiger charge is -2.10. The maximum atomic E-state index is 12.7. The molecule has 0 bridgehead atoms. The molecule has 1 amide bonds. The molecule has 0 aliphatic heterocycles. The molecule has 1 aromatic heterocycles. The number of nitrogens with zero attached hydrogens (tertiary/aromatic N) is 1. The van der Waals surface area contributed by atoms with Crippen molar-refractivity contribution in [2.45, 2.75) is 27.7 Å². The molecule has 4 nitrogen and oxygen atoms in total. The smallest absolute Gasteiger partial charge is 0.296 e. The summed E-state index contributed by atoms with van der Waals surface area (Å²) in [5.74, 6) is -1.16. The predicted octanol–water partition coefficient (Wildman–Crippen LogP) is 4.53. The SMILES string of the molecule is Cc1ccc(NC(=O)C(=O)c2cc(C)n(-c3cccc(C)c3)c2C)cc1. The van der Waals surface area contributed by atoms with Gasteiger partial charge >= 0.3 is 0 Å². The minimum atomic E-state index is -0.627. The van der Waals surface area contributed by atoms with E-state index in [0.717, 1.165) is 28.2 Å². The summed E-state index contributed by atoms with van der Waals surface area (Å²) in [7, 11) is 0. The fourth-order valence-corrected chi connectivity index (χ4v) is 3.10. The predicted molar refractivity (Wildman–Crippen MR) is 104 cm³/mol. The fourth-order valence-electron chi connectivity index (χ4n) is 3.10. The highest BCUT2D eigenvalue weighted by Crippen LogP contribution is 2.22. The van der Waals surface area contributed by atoms with Gasteiger partial charge < -0.3 is 9.88 Å². The summed E-state index contributed by atoms with van der Waals surface area (Å²) in [5.41, 5.74) is 5.93. The zero-order chi connectivity index (χ0) is 18.8. The maximum absolute atomic E-state index is 12.7. The second-order valence-electron chi connectivity index (χ2n) is 6.61. The van der Waals surface area contributed by atoms with Gasteiger partial charge in [-0.05, 0) is 63.6 Å². The number of anilines is 1. The first kappa shape index (κ1) is 17.7. The third-order valence-electron chi connectivity index (χ3n) is 4.45. The molecule has 0 aliphatic carbocycles. The topological polar surface area (TPSA) is 51.1 Å². The number of carbonyl (C=O) groups excluding carboxylic acids is 2. The van der Waals surface area contributed by atoms with Gasteiger partial charge in [0, 0.05) is 28.3 Å². The molecule has 0 aliphatic rings. The monoisotopic (exact) mass is 346 g/mol. The second kappa shape index (κ2) is 7.00. The van der Waals surface area contributed by atoms with Gasteiger partial charge in [0.05, 0.1) is 0 Å². The molecule has 26 heavy (non-hydrogen) atoms. The zero-order valence-electron chi connectivity index (χ0n) is 15.5. The van der Waals surface area contributed by atoms with Gasteiger partial charge in [0.15, 0.2) is 0 Å². The lowest BCUT2D eigenvalue weighted by Crippen LogP contribution is -2.23. The van der Waals surface area contributed by atoms with E-state index in [1.807, 2.05) is 62.6 Å². The van der Waals surface area contributed by atoms with Crippen LogP contribution in [-0.4, -0.2) is 16.3 Å². The van der Waals surface area contributed by atoms with Crippen molar-refractivity contribution in [3.05, 3.63) is 82.7 Å². The molecule has 1 N–H and O–H groups in total. The van der Waals surface area contributed by atoms with Crippen LogP contribution in [0.3, 0.4) is 0 Å². The summed E-state index contributed by atoms with van der Waals surface area (Å²) >= 11 is 0. The first-order valence-electron chi connectivity index (χ1n) is 8.55. The number of benzene rings is 2. The minimum absolute atomic E-state index is 0.425. The standard InChI is InChI=1S/C22H22N2O2/c1-14-8-10-18(11-9-14)23-22(26)21(25)20-13-16(3)24(17(20)4)19-7-5-6-15(2)12-19/h5-13H,1-4H3,(H,23,26). The number of rotatable bonds is 4. The van der Waals surface area contributed by atoms with E-state index in [4.69, 9.17) is 0 Å².